The average Bonchev–Trinajstić information content (AvgIpc) is 2.44. The van der Waals surface area contributed by atoms with Crippen molar-refractivity contribution in [2.45, 2.75) is 6.61 Å². The third-order valence-corrected chi connectivity index (χ3v) is 2.85. The fourth-order valence-electron chi connectivity index (χ4n) is 1.87. The summed E-state index contributed by atoms with van der Waals surface area (Å²) in [5, 5.41) is 9.06. The van der Waals surface area contributed by atoms with Crippen LogP contribution in [0.15, 0.2) is 42.5 Å². The van der Waals surface area contributed by atoms with Crippen LogP contribution < -0.4 is 10.5 Å². The van der Waals surface area contributed by atoms with Crippen LogP contribution >= 0.6 is 0 Å². The molecule has 1 amide bonds. The highest BCUT2D eigenvalue weighted by Gasteiger charge is 2.16. The van der Waals surface area contributed by atoms with E-state index in [1.54, 1.807) is 18.2 Å². The van der Waals surface area contributed by atoms with E-state index in [1.807, 2.05) is 0 Å². The number of carboxylic acid groups (broad SMARTS) is 1. The highest BCUT2D eigenvalue weighted by Crippen LogP contribution is 2.22. The van der Waals surface area contributed by atoms with Crippen molar-refractivity contribution in [2.75, 3.05) is 0 Å². The van der Waals surface area contributed by atoms with Gasteiger partial charge in [0.05, 0.1) is 5.56 Å². The largest absolute Gasteiger partial charge is 0.488 e. The van der Waals surface area contributed by atoms with Crippen LogP contribution in [0.25, 0.3) is 0 Å². The maximum Gasteiger partial charge on any atom is 0.336 e. The number of primary amides is 1. The number of benzene rings is 2. The Bertz CT molecular complexity index is 700. The van der Waals surface area contributed by atoms with E-state index in [2.05, 4.69) is 0 Å². The van der Waals surface area contributed by atoms with E-state index in [1.165, 1.54) is 18.2 Å². The first-order chi connectivity index (χ1) is 10.0. The van der Waals surface area contributed by atoms with E-state index in [0.717, 1.165) is 6.07 Å². The average molecular weight is 289 g/mol. The standard InChI is InChI=1S/C15H12FNO4/c16-11-6-3-7-12(13(11)14(17)18)21-8-9-4-1-2-5-10(9)15(19)20/h1-7H,8H2,(H2,17,18)(H,19,20). The van der Waals surface area contributed by atoms with Gasteiger partial charge in [0.1, 0.15) is 23.7 Å². The second kappa shape index (κ2) is 6.04. The Morgan fingerprint density at radius 3 is 2.52 bits per heavy atom. The molecule has 6 heteroatoms. The van der Waals surface area contributed by atoms with Gasteiger partial charge in [-0.05, 0) is 18.2 Å². The molecule has 0 saturated carbocycles. The fourth-order valence-corrected chi connectivity index (χ4v) is 1.87. The number of hydrogen-bond acceptors (Lipinski definition) is 3. The van der Waals surface area contributed by atoms with E-state index in [-0.39, 0.29) is 23.5 Å². The maximum absolute atomic E-state index is 13.6. The number of hydrogen-bond donors (Lipinski definition) is 2. The second-order valence-electron chi connectivity index (χ2n) is 4.23. The molecule has 3 N–H and O–H groups in total. The lowest BCUT2D eigenvalue weighted by atomic mass is 10.1. The van der Waals surface area contributed by atoms with Crippen molar-refractivity contribution < 1.29 is 23.8 Å². The van der Waals surface area contributed by atoms with Gasteiger partial charge in [-0.25, -0.2) is 9.18 Å². The summed E-state index contributed by atoms with van der Waals surface area (Å²) in [6.45, 7) is -0.119. The van der Waals surface area contributed by atoms with Crippen molar-refractivity contribution >= 4 is 11.9 Å². The number of aromatic carboxylic acids is 1. The zero-order valence-corrected chi connectivity index (χ0v) is 10.9. The smallest absolute Gasteiger partial charge is 0.336 e. The number of amides is 1. The molecule has 5 nitrogen and oxygen atoms in total. The summed E-state index contributed by atoms with van der Waals surface area (Å²) < 4.78 is 18.9. The number of rotatable bonds is 5. The minimum atomic E-state index is -1.09. The van der Waals surface area contributed by atoms with Gasteiger partial charge in [-0.2, -0.15) is 0 Å². The highest BCUT2D eigenvalue weighted by atomic mass is 19.1. The van der Waals surface area contributed by atoms with Crippen molar-refractivity contribution in [3.8, 4) is 5.75 Å². The Morgan fingerprint density at radius 2 is 1.86 bits per heavy atom. The van der Waals surface area contributed by atoms with Gasteiger partial charge in [-0.1, -0.05) is 24.3 Å². The molecule has 0 saturated heterocycles. The molecular formula is C15H12FNO4. The van der Waals surface area contributed by atoms with Crippen LogP contribution in [-0.4, -0.2) is 17.0 Å². The molecule has 2 aromatic rings. The predicted molar refractivity (Wildman–Crippen MR) is 72.7 cm³/mol. The molecular weight excluding hydrogens is 277 g/mol. The van der Waals surface area contributed by atoms with E-state index in [4.69, 9.17) is 15.6 Å². The van der Waals surface area contributed by atoms with E-state index in [9.17, 15) is 14.0 Å². The van der Waals surface area contributed by atoms with Crippen molar-refractivity contribution in [3.05, 3.63) is 65.0 Å². The summed E-state index contributed by atoms with van der Waals surface area (Å²) >= 11 is 0. The molecule has 0 radical (unpaired) electrons. The lowest BCUT2D eigenvalue weighted by molar-refractivity contribution is 0.0693. The van der Waals surface area contributed by atoms with Gasteiger partial charge in [0.2, 0.25) is 0 Å². The number of carbonyl (C=O) groups is 2. The Labute approximate surface area is 119 Å². The fraction of sp³-hybridized carbons (Fsp3) is 0.0667. The molecule has 0 aromatic heterocycles. The molecule has 21 heavy (non-hydrogen) atoms. The first kappa shape index (κ1) is 14.5. The highest BCUT2D eigenvalue weighted by molar-refractivity contribution is 5.96. The summed E-state index contributed by atoms with van der Waals surface area (Å²) in [4.78, 5) is 22.3. The normalized spacial score (nSPS) is 10.1. The van der Waals surface area contributed by atoms with Gasteiger partial charge in [0, 0.05) is 5.56 Å². The molecule has 2 aromatic carbocycles. The molecule has 0 heterocycles. The molecule has 0 unspecified atom stereocenters. The number of halogens is 1. The Kier molecular flexibility index (Phi) is 4.18. The van der Waals surface area contributed by atoms with Gasteiger partial charge >= 0.3 is 5.97 Å². The van der Waals surface area contributed by atoms with E-state index in [0.29, 0.717) is 5.56 Å². The van der Waals surface area contributed by atoms with Gasteiger partial charge in [0.15, 0.2) is 0 Å². The molecule has 0 aliphatic heterocycles. The SMILES string of the molecule is NC(=O)c1c(F)cccc1OCc1ccccc1C(=O)O. The molecule has 0 bridgehead atoms. The third-order valence-electron chi connectivity index (χ3n) is 2.85. The van der Waals surface area contributed by atoms with E-state index >= 15 is 0 Å². The molecule has 0 atom stereocenters. The van der Waals surface area contributed by atoms with Crippen molar-refractivity contribution in [2.24, 2.45) is 5.73 Å². The molecule has 108 valence electrons. The van der Waals surface area contributed by atoms with Crippen LogP contribution in [0.5, 0.6) is 5.75 Å². The number of ether oxygens (including phenoxy) is 1. The van der Waals surface area contributed by atoms with Crippen LogP contribution in [0, 0.1) is 5.82 Å². The summed E-state index contributed by atoms with van der Waals surface area (Å²) in [5.74, 6) is -2.85. The third kappa shape index (κ3) is 3.17. The van der Waals surface area contributed by atoms with E-state index < -0.39 is 17.7 Å². The number of carbonyl (C=O) groups excluding carboxylic acids is 1. The van der Waals surface area contributed by atoms with Crippen LogP contribution in [0.1, 0.15) is 26.3 Å². The zero-order valence-electron chi connectivity index (χ0n) is 10.9. The van der Waals surface area contributed by atoms with Crippen LogP contribution in [0.2, 0.25) is 0 Å². The Hall–Kier alpha value is -2.89. The zero-order chi connectivity index (χ0) is 15.4. The van der Waals surface area contributed by atoms with Crippen LogP contribution in [0.4, 0.5) is 4.39 Å². The van der Waals surface area contributed by atoms with Gasteiger partial charge in [0.25, 0.3) is 5.91 Å². The van der Waals surface area contributed by atoms with Crippen molar-refractivity contribution in [1.29, 1.82) is 0 Å². The minimum absolute atomic E-state index is 0.0253. The Balaban J connectivity index is 2.28. The lowest BCUT2D eigenvalue weighted by Gasteiger charge is -2.11. The second-order valence-corrected chi connectivity index (χ2v) is 4.23. The topological polar surface area (TPSA) is 89.6 Å². The van der Waals surface area contributed by atoms with Crippen molar-refractivity contribution in [3.63, 3.8) is 0 Å². The Morgan fingerprint density at radius 1 is 1.14 bits per heavy atom. The monoisotopic (exact) mass is 289 g/mol. The lowest BCUT2D eigenvalue weighted by Crippen LogP contribution is -2.15. The maximum atomic E-state index is 13.6. The quantitative estimate of drug-likeness (QED) is 0.883. The van der Waals surface area contributed by atoms with Gasteiger partial charge in [-0.15, -0.1) is 0 Å². The summed E-state index contributed by atoms with van der Waals surface area (Å²) in [5.41, 5.74) is 5.24. The van der Waals surface area contributed by atoms with Crippen LogP contribution in [-0.2, 0) is 6.61 Å². The number of carboxylic acids is 1. The van der Waals surface area contributed by atoms with Crippen molar-refractivity contribution in [1.82, 2.24) is 0 Å². The molecule has 2 rings (SSSR count). The first-order valence-electron chi connectivity index (χ1n) is 6.03. The van der Waals surface area contributed by atoms with Gasteiger partial charge < -0.3 is 15.6 Å². The predicted octanol–water partition coefficient (Wildman–Crippen LogP) is 2.20. The molecule has 0 fully saturated rings. The molecule has 0 spiro atoms. The van der Waals surface area contributed by atoms with Crippen LogP contribution in [0.3, 0.4) is 0 Å². The summed E-state index contributed by atoms with van der Waals surface area (Å²) in [7, 11) is 0. The summed E-state index contributed by atoms with van der Waals surface area (Å²) in [6, 6.07) is 10.1. The molecule has 0 aliphatic carbocycles. The first-order valence-corrected chi connectivity index (χ1v) is 6.03. The van der Waals surface area contributed by atoms with Gasteiger partial charge in [-0.3, -0.25) is 4.79 Å². The summed E-state index contributed by atoms with van der Waals surface area (Å²) in [6.07, 6.45) is 0. The number of nitrogens with two attached hydrogens (primary N) is 1. The molecule has 0 aliphatic rings. The minimum Gasteiger partial charge on any atom is -0.488 e.